The average Bonchev–Trinajstić information content (AvgIpc) is 2.46. The summed E-state index contributed by atoms with van der Waals surface area (Å²) in [4.78, 5) is 10.5. The smallest absolute Gasteiger partial charge is 0.312 e. The Morgan fingerprint density at radius 3 is 2.47 bits per heavy atom. The van der Waals surface area contributed by atoms with Crippen molar-refractivity contribution in [2.24, 2.45) is 11.7 Å². The number of nitrogens with one attached hydrogen (secondary N) is 1. The molecular weight excluding hydrogens is 260 g/mol. The molecule has 19 heavy (non-hydrogen) atoms. The number of halogens is 1. The van der Waals surface area contributed by atoms with Gasteiger partial charge in [-0.15, -0.1) is 11.6 Å². The summed E-state index contributed by atoms with van der Waals surface area (Å²) in [6.07, 6.45) is 5.92. The number of benzene rings is 1. The molecule has 1 fully saturated rings. The zero-order valence-electron chi connectivity index (χ0n) is 11.1. The van der Waals surface area contributed by atoms with Gasteiger partial charge in [0.1, 0.15) is 0 Å². The van der Waals surface area contributed by atoms with Crippen molar-refractivity contribution in [3.8, 4) is 0 Å². The number of hydrogen-bond acceptors (Lipinski definition) is 1. The van der Waals surface area contributed by atoms with Gasteiger partial charge in [-0.25, -0.2) is 4.79 Å². The summed E-state index contributed by atoms with van der Waals surface area (Å²) in [6.45, 7) is 0.387. The minimum absolute atomic E-state index is 0.386. The Bertz CT molecular complexity index is 417. The van der Waals surface area contributed by atoms with E-state index in [2.05, 4.69) is 5.32 Å². The second kappa shape index (κ2) is 6.29. The zero-order chi connectivity index (χ0) is 13.7. The van der Waals surface area contributed by atoms with Gasteiger partial charge in [0.05, 0.1) is 4.87 Å². The number of alkyl halides is 1. The van der Waals surface area contributed by atoms with E-state index in [0.717, 1.165) is 18.4 Å². The van der Waals surface area contributed by atoms with Gasteiger partial charge in [0.15, 0.2) is 0 Å². The highest BCUT2D eigenvalue weighted by Gasteiger charge is 2.39. The van der Waals surface area contributed by atoms with Crippen LogP contribution in [0.15, 0.2) is 30.3 Å². The molecular formula is C15H21ClN2O. The number of carbonyl (C=O) groups is 1. The number of rotatable bonds is 4. The minimum atomic E-state index is -0.545. The van der Waals surface area contributed by atoms with Gasteiger partial charge in [-0.2, -0.15) is 0 Å². The van der Waals surface area contributed by atoms with Crippen LogP contribution < -0.4 is 11.1 Å². The van der Waals surface area contributed by atoms with Crippen molar-refractivity contribution in [3.63, 3.8) is 0 Å². The maximum Gasteiger partial charge on any atom is 0.312 e. The number of amides is 2. The highest BCUT2D eigenvalue weighted by Crippen LogP contribution is 2.43. The lowest BCUT2D eigenvalue weighted by molar-refractivity contribution is 0.237. The lowest BCUT2D eigenvalue weighted by atomic mass is 9.76. The second-order valence-corrected chi connectivity index (χ2v) is 5.96. The topological polar surface area (TPSA) is 55.1 Å². The Hall–Kier alpha value is -1.22. The molecule has 1 saturated carbocycles. The third kappa shape index (κ3) is 3.41. The monoisotopic (exact) mass is 280 g/mol. The molecule has 1 atom stereocenters. The maximum atomic E-state index is 11.0. The lowest BCUT2D eigenvalue weighted by Gasteiger charge is -2.38. The summed E-state index contributed by atoms with van der Waals surface area (Å²) < 4.78 is 0. The Balaban J connectivity index is 2.23. The number of urea groups is 1. The van der Waals surface area contributed by atoms with Gasteiger partial charge in [-0.3, -0.25) is 0 Å². The molecule has 0 bridgehead atoms. The van der Waals surface area contributed by atoms with Crippen LogP contribution in [0.1, 0.15) is 37.7 Å². The molecule has 0 aliphatic heterocycles. The summed E-state index contributed by atoms with van der Waals surface area (Å²) in [6, 6.07) is 9.49. The van der Waals surface area contributed by atoms with Crippen LogP contribution in [0.3, 0.4) is 0 Å². The van der Waals surface area contributed by atoms with Crippen molar-refractivity contribution in [1.82, 2.24) is 5.32 Å². The van der Waals surface area contributed by atoms with E-state index in [9.17, 15) is 4.79 Å². The molecule has 0 aromatic heterocycles. The van der Waals surface area contributed by atoms with Gasteiger partial charge in [-0.1, -0.05) is 49.6 Å². The van der Waals surface area contributed by atoms with Crippen LogP contribution in [0.5, 0.6) is 0 Å². The van der Waals surface area contributed by atoms with E-state index in [4.69, 9.17) is 17.3 Å². The van der Waals surface area contributed by atoms with Crippen molar-refractivity contribution in [1.29, 1.82) is 0 Å². The summed E-state index contributed by atoms with van der Waals surface area (Å²) in [5, 5.41) is 2.69. The molecule has 104 valence electrons. The fraction of sp³-hybridized carbons (Fsp3) is 0.533. The molecule has 0 heterocycles. The molecule has 0 saturated heterocycles. The number of primary amides is 1. The highest BCUT2D eigenvalue weighted by molar-refractivity contribution is 6.24. The molecule has 1 aromatic carbocycles. The van der Waals surface area contributed by atoms with Gasteiger partial charge >= 0.3 is 6.03 Å². The van der Waals surface area contributed by atoms with Crippen LogP contribution in [0.2, 0.25) is 0 Å². The van der Waals surface area contributed by atoms with Crippen molar-refractivity contribution in [2.75, 3.05) is 6.54 Å². The Morgan fingerprint density at radius 2 is 1.89 bits per heavy atom. The van der Waals surface area contributed by atoms with Crippen LogP contribution >= 0.6 is 11.6 Å². The molecule has 1 unspecified atom stereocenters. The standard InChI is InChI=1S/C15H21ClN2O/c16-15(11-18-14(17)19,12-7-3-1-4-8-12)13-9-5-2-6-10-13/h1,3-4,7-8,13H,2,5-6,9-11H2,(H3,17,18,19). The Kier molecular flexibility index (Phi) is 4.70. The summed E-state index contributed by atoms with van der Waals surface area (Å²) in [5.74, 6) is 0.386. The Labute approximate surface area is 119 Å². The molecule has 1 aliphatic rings. The fourth-order valence-corrected chi connectivity index (χ4v) is 3.38. The van der Waals surface area contributed by atoms with Crippen LogP contribution in [-0.4, -0.2) is 12.6 Å². The molecule has 4 heteroatoms. The average molecular weight is 281 g/mol. The third-order valence-corrected chi connectivity index (χ3v) is 4.69. The van der Waals surface area contributed by atoms with Crippen molar-refractivity contribution >= 4 is 17.6 Å². The SMILES string of the molecule is NC(=O)NCC(Cl)(c1ccccc1)C1CCCCC1. The van der Waals surface area contributed by atoms with Gasteiger partial charge in [-0.05, 0) is 24.3 Å². The van der Waals surface area contributed by atoms with Crippen molar-refractivity contribution in [2.45, 2.75) is 37.0 Å². The van der Waals surface area contributed by atoms with Crippen LogP contribution in [0, 0.1) is 5.92 Å². The second-order valence-electron chi connectivity index (χ2n) is 5.28. The molecule has 2 amide bonds. The first-order valence-corrected chi connectivity index (χ1v) is 7.28. The number of nitrogens with two attached hydrogens (primary N) is 1. The molecule has 0 spiro atoms. The molecule has 1 aliphatic carbocycles. The molecule has 2 rings (SSSR count). The third-order valence-electron chi connectivity index (χ3n) is 4.03. The Morgan fingerprint density at radius 1 is 1.26 bits per heavy atom. The quantitative estimate of drug-likeness (QED) is 0.816. The molecule has 3 nitrogen and oxygen atoms in total. The largest absolute Gasteiger partial charge is 0.352 e. The van der Waals surface area contributed by atoms with Crippen LogP contribution in [-0.2, 0) is 4.87 Å². The summed E-state index contributed by atoms with van der Waals surface area (Å²) in [7, 11) is 0. The normalized spacial score (nSPS) is 19.6. The van der Waals surface area contributed by atoms with Gasteiger partial charge in [0.25, 0.3) is 0 Å². The fourth-order valence-electron chi connectivity index (χ4n) is 2.97. The molecule has 3 N–H and O–H groups in total. The van der Waals surface area contributed by atoms with Crippen LogP contribution in [0.4, 0.5) is 4.79 Å². The predicted molar refractivity (Wildman–Crippen MR) is 78.1 cm³/mol. The van der Waals surface area contributed by atoms with Crippen molar-refractivity contribution < 1.29 is 4.79 Å². The first-order valence-electron chi connectivity index (χ1n) is 6.90. The number of hydrogen-bond donors (Lipinski definition) is 2. The molecule has 1 aromatic rings. The van der Waals surface area contributed by atoms with E-state index in [1.54, 1.807) is 0 Å². The van der Waals surface area contributed by atoms with Gasteiger partial charge in [0.2, 0.25) is 0 Å². The van der Waals surface area contributed by atoms with Gasteiger partial charge in [0, 0.05) is 6.54 Å². The summed E-state index contributed by atoms with van der Waals surface area (Å²) >= 11 is 6.92. The van der Waals surface area contributed by atoms with Crippen LogP contribution in [0.25, 0.3) is 0 Å². The predicted octanol–water partition coefficient (Wildman–Crippen LogP) is 3.37. The first-order chi connectivity index (χ1) is 9.13. The van der Waals surface area contributed by atoms with E-state index >= 15 is 0 Å². The maximum absolute atomic E-state index is 11.0. The van der Waals surface area contributed by atoms with Gasteiger partial charge < -0.3 is 11.1 Å². The van der Waals surface area contributed by atoms with E-state index in [1.165, 1.54) is 19.3 Å². The van der Waals surface area contributed by atoms with E-state index in [-0.39, 0.29) is 0 Å². The van der Waals surface area contributed by atoms with E-state index in [1.807, 2.05) is 30.3 Å². The number of carbonyl (C=O) groups excluding carboxylic acids is 1. The lowest BCUT2D eigenvalue weighted by Crippen LogP contribution is -2.44. The summed E-state index contributed by atoms with van der Waals surface area (Å²) in [5.41, 5.74) is 6.27. The first kappa shape index (κ1) is 14.2. The van der Waals surface area contributed by atoms with Crippen molar-refractivity contribution in [3.05, 3.63) is 35.9 Å². The minimum Gasteiger partial charge on any atom is -0.352 e. The zero-order valence-corrected chi connectivity index (χ0v) is 11.8. The molecule has 0 radical (unpaired) electrons. The van der Waals surface area contributed by atoms with E-state index < -0.39 is 10.9 Å². The van der Waals surface area contributed by atoms with E-state index in [0.29, 0.717) is 12.5 Å². The highest BCUT2D eigenvalue weighted by atomic mass is 35.5.